The number of nitrogens with zero attached hydrogens (tertiary/aromatic N) is 1. The fourth-order valence-electron chi connectivity index (χ4n) is 2.34. The van der Waals surface area contributed by atoms with E-state index in [1.165, 1.54) is 0 Å². The van der Waals surface area contributed by atoms with Gasteiger partial charge in [0.15, 0.2) is 0 Å². The molecule has 1 aliphatic carbocycles. The molecule has 0 bridgehead atoms. The maximum atomic E-state index is 12.0. The molecule has 4 nitrogen and oxygen atoms in total. The quantitative estimate of drug-likeness (QED) is 0.714. The molecule has 0 aromatic rings. The van der Waals surface area contributed by atoms with Gasteiger partial charge in [-0.25, -0.2) is 0 Å². The van der Waals surface area contributed by atoms with Gasteiger partial charge in [0, 0.05) is 13.0 Å². The molecule has 2 rings (SSSR count). The Kier molecular flexibility index (Phi) is 3.96. The van der Waals surface area contributed by atoms with Crippen molar-refractivity contribution in [2.75, 3.05) is 26.4 Å². The van der Waals surface area contributed by atoms with Crippen molar-refractivity contribution in [2.45, 2.75) is 25.3 Å². The molecule has 1 fully saturated rings. The molecule has 4 heteroatoms. The Hall–Kier alpha value is -0.870. The van der Waals surface area contributed by atoms with Crippen LogP contribution in [0.1, 0.15) is 19.3 Å². The lowest BCUT2D eigenvalue weighted by molar-refractivity contribution is -0.142. The van der Waals surface area contributed by atoms with Crippen molar-refractivity contribution < 1.29 is 14.6 Å². The SMILES string of the molecule is O=C(CC1C=CCC1)N1CCOCC1CO. The smallest absolute Gasteiger partial charge is 0.223 e. The van der Waals surface area contributed by atoms with Gasteiger partial charge in [-0.05, 0) is 18.8 Å². The first-order chi connectivity index (χ1) is 7.81. The van der Waals surface area contributed by atoms with E-state index in [2.05, 4.69) is 12.2 Å². The summed E-state index contributed by atoms with van der Waals surface area (Å²) in [5.74, 6) is 0.550. The van der Waals surface area contributed by atoms with E-state index in [0.717, 1.165) is 12.8 Å². The molecule has 1 N–H and O–H groups in total. The van der Waals surface area contributed by atoms with Crippen LogP contribution in [0.2, 0.25) is 0 Å². The Labute approximate surface area is 95.9 Å². The van der Waals surface area contributed by atoms with Gasteiger partial charge in [-0.3, -0.25) is 4.79 Å². The highest BCUT2D eigenvalue weighted by Gasteiger charge is 2.28. The van der Waals surface area contributed by atoms with Crippen LogP contribution in [0.5, 0.6) is 0 Å². The van der Waals surface area contributed by atoms with Crippen LogP contribution in [0.15, 0.2) is 12.2 Å². The normalized spacial score (nSPS) is 29.7. The molecule has 1 saturated heterocycles. The van der Waals surface area contributed by atoms with Gasteiger partial charge in [-0.1, -0.05) is 12.2 Å². The molecule has 2 unspecified atom stereocenters. The minimum absolute atomic E-state index is 0.00769. The highest BCUT2D eigenvalue weighted by molar-refractivity contribution is 5.77. The highest BCUT2D eigenvalue weighted by Crippen LogP contribution is 2.22. The maximum absolute atomic E-state index is 12.0. The Morgan fingerprint density at radius 3 is 3.12 bits per heavy atom. The third-order valence-electron chi connectivity index (χ3n) is 3.31. The number of carbonyl (C=O) groups is 1. The molecule has 0 radical (unpaired) electrons. The van der Waals surface area contributed by atoms with E-state index in [-0.39, 0.29) is 18.6 Å². The Morgan fingerprint density at radius 2 is 2.44 bits per heavy atom. The van der Waals surface area contributed by atoms with Gasteiger partial charge in [-0.15, -0.1) is 0 Å². The van der Waals surface area contributed by atoms with Crippen molar-refractivity contribution in [3.8, 4) is 0 Å². The van der Waals surface area contributed by atoms with Crippen LogP contribution in [-0.2, 0) is 9.53 Å². The molecule has 16 heavy (non-hydrogen) atoms. The van der Waals surface area contributed by atoms with Gasteiger partial charge in [0.1, 0.15) is 0 Å². The molecular weight excluding hydrogens is 206 g/mol. The van der Waals surface area contributed by atoms with E-state index < -0.39 is 0 Å². The van der Waals surface area contributed by atoms with Crippen molar-refractivity contribution in [2.24, 2.45) is 5.92 Å². The fourth-order valence-corrected chi connectivity index (χ4v) is 2.34. The molecular formula is C12H19NO3. The zero-order valence-electron chi connectivity index (χ0n) is 9.47. The summed E-state index contributed by atoms with van der Waals surface area (Å²) in [5.41, 5.74) is 0. The molecule has 90 valence electrons. The maximum Gasteiger partial charge on any atom is 0.223 e. The number of hydrogen-bond donors (Lipinski definition) is 1. The van der Waals surface area contributed by atoms with Crippen molar-refractivity contribution in [3.63, 3.8) is 0 Å². The number of carbonyl (C=O) groups excluding carboxylic acids is 1. The summed E-state index contributed by atoms with van der Waals surface area (Å²) >= 11 is 0. The van der Waals surface area contributed by atoms with E-state index in [9.17, 15) is 9.90 Å². The first-order valence-corrected chi connectivity index (χ1v) is 5.96. The van der Waals surface area contributed by atoms with Crippen molar-refractivity contribution in [1.82, 2.24) is 4.90 Å². The molecule has 2 aliphatic rings. The second-order valence-corrected chi connectivity index (χ2v) is 4.47. The summed E-state index contributed by atoms with van der Waals surface area (Å²) in [6, 6.07) is -0.147. The second kappa shape index (κ2) is 5.46. The van der Waals surface area contributed by atoms with Crippen molar-refractivity contribution >= 4 is 5.91 Å². The number of hydrogen-bond acceptors (Lipinski definition) is 3. The van der Waals surface area contributed by atoms with Crippen LogP contribution in [0.25, 0.3) is 0 Å². The third kappa shape index (κ3) is 2.62. The van der Waals surface area contributed by atoms with Crippen LogP contribution in [0, 0.1) is 5.92 Å². The number of ether oxygens (including phenoxy) is 1. The Morgan fingerprint density at radius 1 is 1.56 bits per heavy atom. The minimum Gasteiger partial charge on any atom is -0.394 e. The summed E-state index contributed by atoms with van der Waals surface area (Å²) in [6.07, 6.45) is 7.02. The standard InChI is InChI=1S/C12H19NO3/c14-8-11-9-16-6-5-13(11)12(15)7-10-3-1-2-4-10/h1,3,10-11,14H,2,4-9H2. The average Bonchev–Trinajstić information content (AvgIpc) is 2.81. The van der Waals surface area contributed by atoms with Crippen LogP contribution in [0.4, 0.5) is 0 Å². The zero-order valence-corrected chi connectivity index (χ0v) is 9.47. The lowest BCUT2D eigenvalue weighted by atomic mass is 10.0. The number of rotatable bonds is 3. The van der Waals surface area contributed by atoms with Crippen LogP contribution in [0.3, 0.4) is 0 Å². The van der Waals surface area contributed by atoms with E-state index in [0.29, 0.717) is 32.1 Å². The summed E-state index contributed by atoms with van der Waals surface area (Å²) in [6.45, 7) is 1.65. The zero-order chi connectivity index (χ0) is 11.4. The fraction of sp³-hybridized carbons (Fsp3) is 0.750. The number of aliphatic hydroxyl groups is 1. The van der Waals surface area contributed by atoms with E-state index in [1.54, 1.807) is 4.90 Å². The monoisotopic (exact) mass is 225 g/mol. The van der Waals surface area contributed by atoms with E-state index >= 15 is 0 Å². The largest absolute Gasteiger partial charge is 0.394 e. The summed E-state index contributed by atoms with van der Waals surface area (Å²) < 4.78 is 5.26. The van der Waals surface area contributed by atoms with Gasteiger partial charge in [-0.2, -0.15) is 0 Å². The summed E-state index contributed by atoms with van der Waals surface area (Å²) in [7, 11) is 0. The van der Waals surface area contributed by atoms with E-state index in [1.807, 2.05) is 0 Å². The van der Waals surface area contributed by atoms with Gasteiger partial charge >= 0.3 is 0 Å². The van der Waals surface area contributed by atoms with Gasteiger partial charge in [0.25, 0.3) is 0 Å². The predicted molar refractivity (Wildman–Crippen MR) is 59.9 cm³/mol. The van der Waals surface area contributed by atoms with Crippen LogP contribution >= 0.6 is 0 Å². The van der Waals surface area contributed by atoms with Crippen LogP contribution < -0.4 is 0 Å². The molecule has 0 saturated carbocycles. The molecule has 1 aliphatic heterocycles. The summed E-state index contributed by atoms with van der Waals surface area (Å²) in [5, 5.41) is 9.18. The van der Waals surface area contributed by atoms with Crippen molar-refractivity contribution in [1.29, 1.82) is 0 Å². The number of amides is 1. The predicted octanol–water partition coefficient (Wildman–Crippen LogP) is 0.562. The molecule has 0 spiro atoms. The first kappa shape index (κ1) is 11.6. The Bertz CT molecular complexity index is 277. The highest BCUT2D eigenvalue weighted by atomic mass is 16.5. The average molecular weight is 225 g/mol. The van der Waals surface area contributed by atoms with Crippen molar-refractivity contribution in [3.05, 3.63) is 12.2 Å². The number of morpholine rings is 1. The van der Waals surface area contributed by atoms with E-state index in [4.69, 9.17) is 4.74 Å². The number of allylic oxidation sites excluding steroid dienone is 2. The number of aliphatic hydroxyl groups excluding tert-OH is 1. The van der Waals surface area contributed by atoms with Gasteiger partial charge in [0.2, 0.25) is 5.91 Å². The van der Waals surface area contributed by atoms with Gasteiger partial charge < -0.3 is 14.7 Å². The molecule has 0 aromatic carbocycles. The second-order valence-electron chi connectivity index (χ2n) is 4.47. The molecule has 1 amide bonds. The Balaban J connectivity index is 1.88. The molecule has 1 heterocycles. The summed E-state index contributed by atoms with van der Waals surface area (Å²) in [4.78, 5) is 13.8. The molecule has 0 aromatic heterocycles. The molecule has 2 atom stereocenters. The minimum atomic E-state index is -0.147. The topological polar surface area (TPSA) is 49.8 Å². The first-order valence-electron chi connectivity index (χ1n) is 5.96. The van der Waals surface area contributed by atoms with Crippen LogP contribution in [-0.4, -0.2) is 48.3 Å². The third-order valence-corrected chi connectivity index (χ3v) is 3.31. The lowest BCUT2D eigenvalue weighted by Crippen LogP contribution is -2.50. The lowest BCUT2D eigenvalue weighted by Gasteiger charge is -2.35. The van der Waals surface area contributed by atoms with Gasteiger partial charge in [0.05, 0.1) is 25.9 Å².